The normalized spacial score (nSPS) is 16.2. The largest absolute Gasteiger partial charge is 0.426 e. The fraction of sp³-hybridized carbons (Fsp3) is 0.429. The molecule has 96 valence electrons. The number of benzene rings is 1. The molecule has 0 atom stereocenters. The molecule has 0 saturated heterocycles. The second-order valence-electron chi connectivity index (χ2n) is 4.64. The third-order valence-corrected chi connectivity index (χ3v) is 3.30. The lowest BCUT2D eigenvalue weighted by Crippen LogP contribution is -2.22. The molecule has 1 aromatic carbocycles. The van der Waals surface area contributed by atoms with Crippen LogP contribution in [0.4, 0.5) is 0 Å². The quantitative estimate of drug-likeness (QED) is 0.658. The van der Waals surface area contributed by atoms with E-state index >= 15 is 0 Å². The highest BCUT2D eigenvalue weighted by Gasteiger charge is 2.22. The van der Waals surface area contributed by atoms with Crippen molar-refractivity contribution in [2.75, 3.05) is 0 Å². The molecular weight excluding hydrogens is 230 g/mol. The molecule has 0 heterocycles. The van der Waals surface area contributed by atoms with Crippen LogP contribution in [-0.2, 0) is 4.79 Å². The Labute approximate surface area is 106 Å². The van der Waals surface area contributed by atoms with Crippen LogP contribution in [-0.4, -0.2) is 11.9 Å². The predicted octanol–water partition coefficient (Wildman–Crippen LogP) is 2.27. The lowest BCUT2D eigenvalue weighted by atomic mass is 9.89. The maximum Gasteiger partial charge on any atom is 0.314 e. The van der Waals surface area contributed by atoms with E-state index in [-0.39, 0.29) is 11.9 Å². The average Bonchev–Trinajstić information content (AvgIpc) is 2.40. The monoisotopic (exact) mass is 247 g/mol. The number of carbonyl (C=O) groups excluding carboxylic acids is 2. The summed E-state index contributed by atoms with van der Waals surface area (Å²) in [7, 11) is 0. The second-order valence-corrected chi connectivity index (χ2v) is 4.64. The Hall–Kier alpha value is -1.84. The second kappa shape index (κ2) is 5.67. The Kier molecular flexibility index (Phi) is 3.97. The first-order valence-electron chi connectivity index (χ1n) is 6.28. The summed E-state index contributed by atoms with van der Waals surface area (Å²) in [5, 5.41) is 0. The van der Waals surface area contributed by atoms with Crippen LogP contribution in [0.15, 0.2) is 24.3 Å². The van der Waals surface area contributed by atoms with Crippen molar-refractivity contribution in [3.05, 3.63) is 29.8 Å². The Morgan fingerprint density at radius 2 is 1.67 bits per heavy atom. The topological polar surface area (TPSA) is 69.4 Å². The first kappa shape index (κ1) is 12.6. The van der Waals surface area contributed by atoms with E-state index < -0.39 is 5.91 Å². The van der Waals surface area contributed by atoms with Gasteiger partial charge < -0.3 is 10.5 Å². The minimum atomic E-state index is -0.486. The molecule has 0 radical (unpaired) electrons. The van der Waals surface area contributed by atoms with Crippen LogP contribution in [0.1, 0.15) is 42.5 Å². The molecule has 2 rings (SSSR count). The van der Waals surface area contributed by atoms with E-state index in [0.717, 1.165) is 25.7 Å². The number of primary amides is 1. The van der Waals surface area contributed by atoms with Gasteiger partial charge in [-0.3, -0.25) is 9.59 Å². The van der Waals surface area contributed by atoms with Crippen molar-refractivity contribution in [2.45, 2.75) is 32.1 Å². The maximum absolute atomic E-state index is 11.9. The number of hydrogen-bond acceptors (Lipinski definition) is 3. The van der Waals surface area contributed by atoms with Crippen molar-refractivity contribution in [3.63, 3.8) is 0 Å². The summed E-state index contributed by atoms with van der Waals surface area (Å²) in [6.07, 6.45) is 5.23. The third kappa shape index (κ3) is 3.09. The molecule has 1 saturated carbocycles. The van der Waals surface area contributed by atoms with E-state index in [1.165, 1.54) is 6.42 Å². The van der Waals surface area contributed by atoms with E-state index in [4.69, 9.17) is 10.5 Å². The minimum Gasteiger partial charge on any atom is -0.426 e. The van der Waals surface area contributed by atoms with E-state index in [1.807, 2.05) is 0 Å². The van der Waals surface area contributed by atoms with Crippen LogP contribution in [0.3, 0.4) is 0 Å². The van der Waals surface area contributed by atoms with E-state index in [0.29, 0.717) is 11.3 Å². The van der Waals surface area contributed by atoms with Crippen molar-refractivity contribution < 1.29 is 14.3 Å². The first-order valence-corrected chi connectivity index (χ1v) is 6.28. The number of carbonyl (C=O) groups is 2. The van der Waals surface area contributed by atoms with Crippen LogP contribution in [0.5, 0.6) is 5.75 Å². The molecule has 1 aliphatic rings. The van der Waals surface area contributed by atoms with Crippen LogP contribution in [0.25, 0.3) is 0 Å². The van der Waals surface area contributed by atoms with Gasteiger partial charge in [0.1, 0.15) is 5.75 Å². The highest BCUT2D eigenvalue weighted by atomic mass is 16.5. The van der Waals surface area contributed by atoms with Gasteiger partial charge in [-0.2, -0.15) is 0 Å². The van der Waals surface area contributed by atoms with Crippen molar-refractivity contribution in [1.29, 1.82) is 0 Å². The number of hydrogen-bond donors (Lipinski definition) is 1. The van der Waals surface area contributed by atoms with Gasteiger partial charge in [0.2, 0.25) is 5.91 Å². The van der Waals surface area contributed by atoms with Crippen LogP contribution in [0.2, 0.25) is 0 Å². The maximum atomic E-state index is 11.9. The zero-order chi connectivity index (χ0) is 13.0. The fourth-order valence-electron chi connectivity index (χ4n) is 2.23. The summed E-state index contributed by atoms with van der Waals surface area (Å²) in [5.41, 5.74) is 5.54. The Morgan fingerprint density at radius 1 is 1.06 bits per heavy atom. The number of esters is 1. The molecule has 0 spiro atoms. The molecule has 2 N–H and O–H groups in total. The smallest absolute Gasteiger partial charge is 0.314 e. The van der Waals surface area contributed by atoms with Crippen LogP contribution < -0.4 is 10.5 Å². The number of ether oxygens (including phenoxy) is 1. The lowest BCUT2D eigenvalue weighted by molar-refractivity contribution is -0.139. The summed E-state index contributed by atoms with van der Waals surface area (Å²) in [6, 6.07) is 6.32. The third-order valence-electron chi connectivity index (χ3n) is 3.30. The fourth-order valence-corrected chi connectivity index (χ4v) is 2.23. The van der Waals surface area contributed by atoms with Gasteiger partial charge in [0.15, 0.2) is 0 Å². The van der Waals surface area contributed by atoms with Crippen molar-refractivity contribution in [3.8, 4) is 5.75 Å². The molecule has 4 heteroatoms. The van der Waals surface area contributed by atoms with E-state index in [2.05, 4.69) is 0 Å². The van der Waals surface area contributed by atoms with Gasteiger partial charge in [-0.15, -0.1) is 0 Å². The molecule has 0 unspecified atom stereocenters. The molecule has 1 amide bonds. The standard InChI is InChI=1S/C14H17NO3/c15-13(16)10-6-8-12(9-7-10)18-14(17)11-4-2-1-3-5-11/h6-9,11H,1-5H2,(H2,15,16). The molecule has 1 fully saturated rings. The van der Waals surface area contributed by atoms with Gasteiger partial charge in [0, 0.05) is 5.56 Å². The number of amides is 1. The highest BCUT2D eigenvalue weighted by molar-refractivity contribution is 5.92. The lowest BCUT2D eigenvalue weighted by Gasteiger charge is -2.19. The Bertz CT molecular complexity index is 433. The van der Waals surface area contributed by atoms with Crippen molar-refractivity contribution >= 4 is 11.9 Å². The summed E-state index contributed by atoms with van der Waals surface area (Å²) in [6.45, 7) is 0. The van der Waals surface area contributed by atoms with Crippen molar-refractivity contribution in [1.82, 2.24) is 0 Å². The van der Waals surface area contributed by atoms with Gasteiger partial charge in [-0.25, -0.2) is 0 Å². The van der Waals surface area contributed by atoms with Gasteiger partial charge >= 0.3 is 5.97 Å². The molecule has 4 nitrogen and oxygen atoms in total. The zero-order valence-electron chi connectivity index (χ0n) is 10.2. The van der Waals surface area contributed by atoms with E-state index in [1.54, 1.807) is 24.3 Å². The molecule has 0 bridgehead atoms. The minimum absolute atomic E-state index is 0.0227. The van der Waals surface area contributed by atoms with Gasteiger partial charge in [0.25, 0.3) is 0 Å². The van der Waals surface area contributed by atoms with Gasteiger partial charge in [-0.1, -0.05) is 19.3 Å². The summed E-state index contributed by atoms with van der Waals surface area (Å²) >= 11 is 0. The molecule has 0 aromatic heterocycles. The van der Waals surface area contributed by atoms with E-state index in [9.17, 15) is 9.59 Å². The molecule has 1 aromatic rings. The first-order chi connectivity index (χ1) is 8.66. The predicted molar refractivity (Wildman–Crippen MR) is 67.2 cm³/mol. The van der Waals surface area contributed by atoms with Crippen LogP contribution >= 0.6 is 0 Å². The SMILES string of the molecule is NC(=O)c1ccc(OC(=O)C2CCCCC2)cc1. The van der Waals surface area contributed by atoms with Gasteiger partial charge in [0.05, 0.1) is 5.92 Å². The highest BCUT2D eigenvalue weighted by Crippen LogP contribution is 2.25. The molecule has 0 aliphatic heterocycles. The Balaban J connectivity index is 1.96. The summed E-state index contributed by atoms with van der Waals surface area (Å²) in [4.78, 5) is 22.8. The average molecular weight is 247 g/mol. The van der Waals surface area contributed by atoms with Crippen LogP contribution in [0, 0.1) is 5.92 Å². The van der Waals surface area contributed by atoms with Crippen molar-refractivity contribution in [2.24, 2.45) is 11.7 Å². The number of nitrogens with two attached hydrogens (primary N) is 1. The Morgan fingerprint density at radius 3 is 2.22 bits per heavy atom. The summed E-state index contributed by atoms with van der Waals surface area (Å²) in [5.74, 6) is -0.160. The number of rotatable bonds is 3. The van der Waals surface area contributed by atoms with Gasteiger partial charge in [-0.05, 0) is 37.1 Å². The molecule has 1 aliphatic carbocycles. The molecular formula is C14H17NO3. The summed E-state index contributed by atoms with van der Waals surface area (Å²) < 4.78 is 5.30. The zero-order valence-corrected chi connectivity index (χ0v) is 10.2. The molecule has 18 heavy (non-hydrogen) atoms.